The number of anilines is 1. The summed E-state index contributed by atoms with van der Waals surface area (Å²) in [5.74, 6) is 0.772. The number of H-pyrrole nitrogens is 1. The van der Waals surface area contributed by atoms with Crippen LogP contribution in [0.4, 0.5) is 5.82 Å². The van der Waals surface area contributed by atoms with Crippen molar-refractivity contribution in [2.45, 2.75) is 31.7 Å². The lowest BCUT2D eigenvalue weighted by Gasteiger charge is -2.38. The number of hydrogen-bond donors (Lipinski definition) is 2. The van der Waals surface area contributed by atoms with E-state index in [1.54, 1.807) is 6.07 Å². The third kappa shape index (κ3) is 2.21. The third-order valence-corrected chi connectivity index (χ3v) is 3.63. The fraction of sp³-hybridized carbons (Fsp3) is 0.583. The van der Waals surface area contributed by atoms with Gasteiger partial charge in [-0.05, 0) is 37.8 Å². The normalized spacial score (nSPS) is 15.6. The molecule has 0 atom stereocenters. The smallest absolute Gasteiger partial charge is 0.364 e. The number of nitrogens with one attached hydrogen (secondary N) is 1. The number of nitrogens with zero attached hydrogens (tertiary/aromatic N) is 4. The van der Waals surface area contributed by atoms with Gasteiger partial charge in [-0.2, -0.15) is 9.61 Å². The molecule has 0 radical (unpaired) electrons. The topological polar surface area (TPSA) is 86.5 Å². The summed E-state index contributed by atoms with van der Waals surface area (Å²) < 4.78 is 1.28. The largest absolute Gasteiger partial charge is 0.396 e. The minimum atomic E-state index is -0.326. The quantitative estimate of drug-likeness (QED) is 0.802. The second-order valence-corrected chi connectivity index (χ2v) is 4.85. The second-order valence-electron chi connectivity index (χ2n) is 4.85. The Morgan fingerprint density at radius 2 is 2.32 bits per heavy atom. The molecule has 2 aromatic rings. The third-order valence-electron chi connectivity index (χ3n) is 3.63. The number of hydrogen-bond acceptors (Lipinski definition) is 5. The Bertz CT molecular complexity index is 616. The van der Waals surface area contributed by atoms with Crippen LogP contribution in [0.3, 0.4) is 0 Å². The molecule has 1 saturated carbocycles. The first-order valence-electron chi connectivity index (χ1n) is 6.61. The van der Waals surface area contributed by atoms with Crippen LogP contribution in [-0.2, 0) is 0 Å². The van der Waals surface area contributed by atoms with Crippen LogP contribution in [0.1, 0.15) is 25.7 Å². The van der Waals surface area contributed by atoms with E-state index in [9.17, 15) is 4.79 Å². The van der Waals surface area contributed by atoms with Crippen molar-refractivity contribution in [1.82, 2.24) is 19.8 Å². The van der Waals surface area contributed by atoms with Crippen LogP contribution in [-0.4, -0.2) is 44.1 Å². The van der Waals surface area contributed by atoms with E-state index in [1.165, 1.54) is 10.9 Å². The zero-order valence-corrected chi connectivity index (χ0v) is 10.6. The van der Waals surface area contributed by atoms with Crippen molar-refractivity contribution in [3.63, 3.8) is 0 Å². The van der Waals surface area contributed by atoms with Crippen molar-refractivity contribution < 1.29 is 5.11 Å². The molecule has 1 fully saturated rings. The molecule has 0 amide bonds. The van der Waals surface area contributed by atoms with Gasteiger partial charge >= 0.3 is 5.69 Å². The number of rotatable bonds is 5. The zero-order chi connectivity index (χ0) is 13.2. The summed E-state index contributed by atoms with van der Waals surface area (Å²) in [5.41, 5.74) is 0.192. The SMILES string of the molecule is O=c1[nH]nc2ccc(N(CCCO)C3CCC3)nn12. The van der Waals surface area contributed by atoms with Crippen LogP contribution in [0.25, 0.3) is 5.65 Å². The van der Waals surface area contributed by atoms with Crippen molar-refractivity contribution in [1.29, 1.82) is 0 Å². The summed E-state index contributed by atoms with van der Waals surface area (Å²) in [6.45, 7) is 0.920. The van der Waals surface area contributed by atoms with E-state index in [4.69, 9.17) is 5.11 Å². The average molecular weight is 263 g/mol. The predicted octanol–water partition coefficient (Wildman–Crippen LogP) is 0.159. The molecule has 2 heterocycles. The number of aliphatic hydroxyl groups excluding tert-OH is 1. The molecule has 102 valence electrons. The summed E-state index contributed by atoms with van der Waals surface area (Å²) in [5, 5.41) is 19.6. The van der Waals surface area contributed by atoms with Gasteiger partial charge in [0.2, 0.25) is 0 Å². The molecule has 0 saturated heterocycles. The Hall–Kier alpha value is -1.89. The summed E-state index contributed by atoms with van der Waals surface area (Å²) in [7, 11) is 0. The molecule has 2 aromatic heterocycles. The average Bonchev–Trinajstić information content (AvgIpc) is 2.73. The summed E-state index contributed by atoms with van der Waals surface area (Å²) in [4.78, 5) is 13.7. The molecule has 1 aliphatic rings. The molecule has 0 aliphatic heterocycles. The van der Waals surface area contributed by atoms with Crippen LogP contribution >= 0.6 is 0 Å². The van der Waals surface area contributed by atoms with Crippen molar-refractivity contribution in [2.24, 2.45) is 0 Å². The summed E-state index contributed by atoms with van der Waals surface area (Å²) in [6, 6.07) is 4.13. The Labute approximate surface area is 109 Å². The van der Waals surface area contributed by atoms with Crippen molar-refractivity contribution >= 4 is 11.5 Å². The maximum absolute atomic E-state index is 11.5. The van der Waals surface area contributed by atoms with E-state index in [0.29, 0.717) is 18.1 Å². The van der Waals surface area contributed by atoms with Gasteiger partial charge in [0, 0.05) is 19.2 Å². The highest BCUT2D eigenvalue weighted by atomic mass is 16.3. The molecule has 19 heavy (non-hydrogen) atoms. The number of fused-ring (bicyclic) bond motifs is 1. The first-order chi connectivity index (χ1) is 9.29. The number of aromatic nitrogens is 4. The highest BCUT2D eigenvalue weighted by Gasteiger charge is 2.26. The standard InChI is InChI=1S/C12H17N5O2/c18-8-2-7-16(9-3-1-4-9)11-6-5-10-13-14-12(19)17(10)15-11/h5-6,9,18H,1-4,7-8H2,(H,14,19). The molecule has 3 rings (SSSR count). The van der Waals surface area contributed by atoms with Gasteiger partial charge in [-0.15, -0.1) is 5.10 Å². The number of aromatic amines is 1. The minimum absolute atomic E-state index is 0.164. The van der Waals surface area contributed by atoms with Crippen LogP contribution in [0.5, 0.6) is 0 Å². The predicted molar refractivity (Wildman–Crippen MR) is 70.3 cm³/mol. The van der Waals surface area contributed by atoms with Crippen LogP contribution in [0.2, 0.25) is 0 Å². The molecule has 7 heteroatoms. The van der Waals surface area contributed by atoms with E-state index in [2.05, 4.69) is 20.2 Å². The van der Waals surface area contributed by atoms with Gasteiger partial charge in [0.25, 0.3) is 0 Å². The van der Waals surface area contributed by atoms with Crippen molar-refractivity contribution in [3.05, 3.63) is 22.6 Å². The molecular formula is C12H17N5O2. The Morgan fingerprint density at radius 3 is 3.00 bits per heavy atom. The molecule has 0 unspecified atom stereocenters. The number of aliphatic hydroxyl groups is 1. The minimum Gasteiger partial charge on any atom is -0.396 e. The van der Waals surface area contributed by atoms with Crippen LogP contribution < -0.4 is 10.6 Å². The lowest BCUT2D eigenvalue weighted by molar-refractivity contribution is 0.282. The summed E-state index contributed by atoms with van der Waals surface area (Å²) >= 11 is 0. The Kier molecular flexibility index (Phi) is 3.20. The molecule has 2 N–H and O–H groups in total. The molecule has 7 nitrogen and oxygen atoms in total. The van der Waals surface area contributed by atoms with Gasteiger partial charge in [-0.25, -0.2) is 9.89 Å². The first kappa shape index (κ1) is 12.2. The Morgan fingerprint density at radius 1 is 1.47 bits per heavy atom. The van der Waals surface area contributed by atoms with Gasteiger partial charge in [0.05, 0.1) is 0 Å². The highest BCUT2D eigenvalue weighted by Crippen LogP contribution is 2.28. The second kappa shape index (κ2) is 5.00. The van der Waals surface area contributed by atoms with Crippen LogP contribution in [0, 0.1) is 0 Å². The molecule has 0 aromatic carbocycles. The summed E-state index contributed by atoms with van der Waals surface area (Å²) in [6.07, 6.45) is 4.22. The van der Waals surface area contributed by atoms with Gasteiger partial charge in [-0.1, -0.05) is 0 Å². The molecule has 0 spiro atoms. The monoisotopic (exact) mass is 263 g/mol. The zero-order valence-electron chi connectivity index (χ0n) is 10.6. The molecule has 1 aliphatic carbocycles. The van der Waals surface area contributed by atoms with Crippen LogP contribution in [0.15, 0.2) is 16.9 Å². The maximum Gasteiger partial charge on any atom is 0.364 e. The molecule has 0 bridgehead atoms. The van der Waals surface area contributed by atoms with Crippen molar-refractivity contribution in [3.8, 4) is 0 Å². The maximum atomic E-state index is 11.5. The van der Waals surface area contributed by atoms with Gasteiger partial charge in [0.15, 0.2) is 5.65 Å². The molecular weight excluding hydrogens is 246 g/mol. The van der Waals surface area contributed by atoms with E-state index in [1.807, 2.05) is 6.07 Å². The van der Waals surface area contributed by atoms with E-state index >= 15 is 0 Å². The van der Waals surface area contributed by atoms with E-state index in [-0.39, 0.29) is 12.3 Å². The van der Waals surface area contributed by atoms with Gasteiger partial charge in [0.1, 0.15) is 5.82 Å². The lowest BCUT2D eigenvalue weighted by atomic mass is 9.91. The fourth-order valence-corrected chi connectivity index (χ4v) is 2.37. The Balaban J connectivity index is 1.93. The van der Waals surface area contributed by atoms with E-state index in [0.717, 1.165) is 25.2 Å². The highest BCUT2D eigenvalue weighted by molar-refractivity contribution is 5.46. The van der Waals surface area contributed by atoms with Gasteiger partial charge in [-0.3, -0.25) is 0 Å². The first-order valence-corrected chi connectivity index (χ1v) is 6.61. The van der Waals surface area contributed by atoms with Gasteiger partial charge < -0.3 is 10.0 Å². The van der Waals surface area contributed by atoms with Crippen molar-refractivity contribution in [2.75, 3.05) is 18.1 Å². The lowest BCUT2D eigenvalue weighted by Crippen LogP contribution is -2.42. The fourth-order valence-electron chi connectivity index (χ4n) is 2.37. The van der Waals surface area contributed by atoms with E-state index < -0.39 is 0 Å².